The third-order valence-corrected chi connectivity index (χ3v) is 3.63. The van der Waals surface area contributed by atoms with Crippen molar-refractivity contribution in [3.05, 3.63) is 29.0 Å². The molecule has 1 aromatic rings. The minimum Gasteiger partial charge on any atom is -0.381 e. The van der Waals surface area contributed by atoms with Crippen LogP contribution in [0.25, 0.3) is 0 Å². The van der Waals surface area contributed by atoms with Crippen molar-refractivity contribution < 1.29 is 4.39 Å². The van der Waals surface area contributed by atoms with Crippen molar-refractivity contribution in [2.45, 2.75) is 38.6 Å². The van der Waals surface area contributed by atoms with Crippen molar-refractivity contribution in [3.63, 3.8) is 0 Å². The zero-order valence-corrected chi connectivity index (χ0v) is 10.2. The van der Waals surface area contributed by atoms with E-state index in [0.717, 1.165) is 24.4 Å². The summed E-state index contributed by atoms with van der Waals surface area (Å²) in [5.41, 5.74) is 0.723. The highest BCUT2D eigenvalue weighted by atomic mass is 35.5. The van der Waals surface area contributed by atoms with Crippen molar-refractivity contribution in [2.24, 2.45) is 5.92 Å². The first kappa shape index (κ1) is 11.7. The lowest BCUT2D eigenvalue weighted by Gasteiger charge is -2.28. The van der Waals surface area contributed by atoms with Gasteiger partial charge in [-0.3, -0.25) is 0 Å². The van der Waals surface area contributed by atoms with Gasteiger partial charge in [-0.1, -0.05) is 18.5 Å². The molecule has 0 saturated heterocycles. The Morgan fingerprint density at radius 1 is 1.25 bits per heavy atom. The first-order valence-electron chi connectivity index (χ1n) is 5.87. The van der Waals surface area contributed by atoms with Gasteiger partial charge in [-0.05, 0) is 49.8 Å². The molecule has 0 aromatic heterocycles. The molecule has 1 saturated carbocycles. The van der Waals surface area contributed by atoms with Crippen LogP contribution in [0.15, 0.2) is 18.2 Å². The Morgan fingerprint density at radius 2 is 1.94 bits per heavy atom. The van der Waals surface area contributed by atoms with Gasteiger partial charge >= 0.3 is 0 Å². The van der Waals surface area contributed by atoms with Crippen LogP contribution in [0.1, 0.15) is 32.6 Å². The highest BCUT2D eigenvalue weighted by Gasteiger charge is 2.18. The Hall–Kier alpha value is -0.760. The van der Waals surface area contributed by atoms with E-state index in [4.69, 9.17) is 11.6 Å². The molecule has 16 heavy (non-hydrogen) atoms. The van der Waals surface area contributed by atoms with E-state index in [0.29, 0.717) is 11.1 Å². The minimum absolute atomic E-state index is 0.240. The van der Waals surface area contributed by atoms with Gasteiger partial charge in [-0.2, -0.15) is 0 Å². The monoisotopic (exact) mass is 241 g/mol. The Bertz CT molecular complexity index is 359. The number of hydrogen-bond donors (Lipinski definition) is 1. The van der Waals surface area contributed by atoms with E-state index >= 15 is 0 Å². The molecule has 0 bridgehead atoms. The standard InChI is InChI=1S/C13H17ClFN/c1-9-2-5-11(6-3-9)16-13-8-10(15)4-7-12(13)14/h4,7-9,11,16H,2-3,5-6H2,1H3. The van der Waals surface area contributed by atoms with Gasteiger partial charge in [0.05, 0.1) is 10.7 Å². The van der Waals surface area contributed by atoms with E-state index in [2.05, 4.69) is 12.2 Å². The molecule has 0 amide bonds. The van der Waals surface area contributed by atoms with Crippen LogP contribution in [0.4, 0.5) is 10.1 Å². The van der Waals surface area contributed by atoms with E-state index in [1.807, 2.05) is 0 Å². The molecular weight excluding hydrogens is 225 g/mol. The maximum atomic E-state index is 13.1. The van der Waals surface area contributed by atoms with Gasteiger partial charge in [0.2, 0.25) is 0 Å². The molecule has 0 radical (unpaired) electrons. The number of anilines is 1. The number of halogens is 2. The van der Waals surface area contributed by atoms with E-state index in [1.165, 1.54) is 25.0 Å². The molecule has 1 fully saturated rings. The van der Waals surface area contributed by atoms with Crippen LogP contribution < -0.4 is 5.32 Å². The van der Waals surface area contributed by atoms with Crippen LogP contribution in [0, 0.1) is 11.7 Å². The van der Waals surface area contributed by atoms with E-state index in [-0.39, 0.29) is 5.82 Å². The fourth-order valence-electron chi connectivity index (χ4n) is 2.23. The molecule has 1 N–H and O–H groups in total. The van der Waals surface area contributed by atoms with Crippen molar-refractivity contribution in [1.82, 2.24) is 0 Å². The largest absolute Gasteiger partial charge is 0.381 e. The quantitative estimate of drug-likeness (QED) is 0.806. The van der Waals surface area contributed by atoms with Crippen molar-refractivity contribution >= 4 is 17.3 Å². The Morgan fingerprint density at radius 3 is 2.62 bits per heavy atom. The Kier molecular flexibility index (Phi) is 3.70. The van der Waals surface area contributed by atoms with Gasteiger partial charge < -0.3 is 5.32 Å². The topological polar surface area (TPSA) is 12.0 Å². The molecule has 1 aliphatic carbocycles. The summed E-state index contributed by atoms with van der Waals surface area (Å²) in [5.74, 6) is 0.581. The number of benzene rings is 1. The summed E-state index contributed by atoms with van der Waals surface area (Å²) in [6.07, 6.45) is 4.78. The zero-order chi connectivity index (χ0) is 11.5. The summed E-state index contributed by atoms with van der Waals surface area (Å²) < 4.78 is 13.1. The summed E-state index contributed by atoms with van der Waals surface area (Å²) in [5, 5.41) is 3.94. The lowest BCUT2D eigenvalue weighted by atomic mass is 9.87. The molecule has 2 rings (SSSR count). The average molecular weight is 242 g/mol. The van der Waals surface area contributed by atoms with Gasteiger partial charge in [0.15, 0.2) is 0 Å². The van der Waals surface area contributed by atoms with Crippen LogP contribution in [-0.4, -0.2) is 6.04 Å². The molecule has 0 atom stereocenters. The van der Waals surface area contributed by atoms with Crippen LogP contribution in [0.5, 0.6) is 0 Å². The zero-order valence-electron chi connectivity index (χ0n) is 9.47. The van der Waals surface area contributed by atoms with Crippen LogP contribution in [0.2, 0.25) is 5.02 Å². The highest BCUT2D eigenvalue weighted by Crippen LogP contribution is 2.29. The molecule has 88 valence electrons. The fraction of sp³-hybridized carbons (Fsp3) is 0.538. The fourth-order valence-corrected chi connectivity index (χ4v) is 2.40. The first-order valence-corrected chi connectivity index (χ1v) is 6.24. The van der Waals surface area contributed by atoms with Gasteiger partial charge in [0, 0.05) is 6.04 Å². The van der Waals surface area contributed by atoms with Crippen molar-refractivity contribution in [1.29, 1.82) is 0 Å². The van der Waals surface area contributed by atoms with Gasteiger partial charge in [-0.25, -0.2) is 4.39 Å². The molecule has 1 aromatic carbocycles. The molecule has 0 unspecified atom stereocenters. The number of rotatable bonds is 2. The van der Waals surface area contributed by atoms with Gasteiger partial charge in [0.1, 0.15) is 5.82 Å². The summed E-state index contributed by atoms with van der Waals surface area (Å²) >= 11 is 6.01. The smallest absolute Gasteiger partial charge is 0.125 e. The third kappa shape index (κ3) is 2.88. The summed E-state index contributed by atoms with van der Waals surface area (Å²) in [6, 6.07) is 4.90. The number of hydrogen-bond acceptors (Lipinski definition) is 1. The second-order valence-corrected chi connectivity index (χ2v) is 5.13. The molecular formula is C13H17ClFN. The Labute approximate surface area is 101 Å². The molecule has 1 aliphatic rings. The lowest BCUT2D eigenvalue weighted by Crippen LogP contribution is -2.25. The van der Waals surface area contributed by atoms with Gasteiger partial charge in [0.25, 0.3) is 0 Å². The SMILES string of the molecule is CC1CCC(Nc2cc(F)ccc2Cl)CC1. The normalized spacial score (nSPS) is 25.4. The summed E-state index contributed by atoms with van der Waals surface area (Å²) in [7, 11) is 0. The lowest BCUT2D eigenvalue weighted by molar-refractivity contribution is 0.361. The highest BCUT2D eigenvalue weighted by molar-refractivity contribution is 6.33. The predicted molar refractivity (Wildman–Crippen MR) is 66.5 cm³/mol. The van der Waals surface area contributed by atoms with Crippen LogP contribution in [0.3, 0.4) is 0 Å². The second-order valence-electron chi connectivity index (χ2n) is 4.73. The summed E-state index contributed by atoms with van der Waals surface area (Å²) in [6.45, 7) is 2.28. The maximum Gasteiger partial charge on any atom is 0.125 e. The number of nitrogens with one attached hydrogen (secondary N) is 1. The predicted octanol–water partition coefficient (Wildman–Crippen LogP) is 4.47. The first-order chi connectivity index (χ1) is 7.65. The molecule has 1 nitrogen and oxygen atoms in total. The molecule has 0 heterocycles. The van der Waals surface area contributed by atoms with E-state index in [1.54, 1.807) is 6.07 Å². The van der Waals surface area contributed by atoms with Crippen LogP contribution in [-0.2, 0) is 0 Å². The van der Waals surface area contributed by atoms with E-state index in [9.17, 15) is 4.39 Å². The van der Waals surface area contributed by atoms with E-state index < -0.39 is 0 Å². The van der Waals surface area contributed by atoms with Gasteiger partial charge in [-0.15, -0.1) is 0 Å². The summed E-state index contributed by atoms with van der Waals surface area (Å²) in [4.78, 5) is 0. The van der Waals surface area contributed by atoms with Crippen LogP contribution >= 0.6 is 11.6 Å². The molecule has 3 heteroatoms. The molecule has 0 spiro atoms. The van der Waals surface area contributed by atoms with Crippen molar-refractivity contribution in [2.75, 3.05) is 5.32 Å². The molecule has 0 aliphatic heterocycles. The minimum atomic E-state index is -0.240. The maximum absolute atomic E-state index is 13.1. The second kappa shape index (κ2) is 5.05. The van der Waals surface area contributed by atoms with Crippen molar-refractivity contribution in [3.8, 4) is 0 Å². The average Bonchev–Trinajstić information content (AvgIpc) is 2.27. The third-order valence-electron chi connectivity index (χ3n) is 3.30. The Balaban J connectivity index is 2.00.